The van der Waals surface area contributed by atoms with Crippen LogP contribution in [0.3, 0.4) is 0 Å². The summed E-state index contributed by atoms with van der Waals surface area (Å²) in [4.78, 5) is 24.0. The van der Waals surface area contributed by atoms with Crippen molar-refractivity contribution in [2.75, 3.05) is 38.2 Å². The van der Waals surface area contributed by atoms with Gasteiger partial charge < -0.3 is 20.7 Å². The number of sulfonamides is 1. The fourth-order valence-electron chi connectivity index (χ4n) is 2.88. The summed E-state index contributed by atoms with van der Waals surface area (Å²) in [6.07, 6.45) is 0. The highest BCUT2D eigenvalue weighted by atomic mass is 32.2. The standard InChI is InChI=1S/C20H23FN4O5S/c21-16-6-4-15(5-7-16)13-22-20(27)23-14-19(26)24-17-2-1-3-18(12-17)31(28,29)25-8-10-30-11-9-25/h1-7,12H,8-11,13-14H2,(H,24,26)(H2,22,23,27). The van der Waals surface area contributed by atoms with E-state index >= 15 is 0 Å². The number of carbonyl (C=O) groups excluding carboxylic acids is 2. The van der Waals surface area contributed by atoms with E-state index in [2.05, 4.69) is 16.0 Å². The van der Waals surface area contributed by atoms with Crippen molar-refractivity contribution in [2.45, 2.75) is 11.4 Å². The molecule has 2 aromatic rings. The fourth-order valence-corrected chi connectivity index (χ4v) is 4.34. The van der Waals surface area contributed by atoms with Crippen molar-refractivity contribution in [3.8, 4) is 0 Å². The SMILES string of the molecule is O=C(CNC(=O)NCc1ccc(F)cc1)Nc1cccc(S(=O)(=O)N2CCOCC2)c1. The average molecular weight is 450 g/mol. The topological polar surface area (TPSA) is 117 Å². The van der Waals surface area contributed by atoms with Crippen LogP contribution in [0.1, 0.15) is 5.56 Å². The second kappa shape index (κ2) is 10.3. The van der Waals surface area contributed by atoms with Gasteiger partial charge in [-0.05, 0) is 35.9 Å². The number of anilines is 1. The number of morpholine rings is 1. The highest BCUT2D eigenvalue weighted by molar-refractivity contribution is 7.89. The van der Waals surface area contributed by atoms with Crippen LogP contribution in [0.15, 0.2) is 53.4 Å². The number of carbonyl (C=O) groups is 2. The molecule has 0 unspecified atom stereocenters. The molecule has 0 atom stereocenters. The number of hydrogen-bond donors (Lipinski definition) is 3. The molecule has 0 saturated carbocycles. The Hall–Kier alpha value is -3.02. The number of amides is 3. The summed E-state index contributed by atoms with van der Waals surface area (Å²) >= 11 is 0. The maximum atomic E-state index is 12.9. The van der Waals surface area contributed by atoms with Crippen LogP contribution in [-0.4, -0.2) is 57.5 Å². The predicted octanol–water partition coefficient (Wildman–Crippen LogP) is 1.28. The van der Waals surface area contributed by atoms with Crippen molar-refractivity contribution in [3.63, 3.8) is 0 Å². The molecule has 0 aromatic heterocycles. The van der Waals surface area contributed by atoms with Crippen molar-refractivity contribution >= 4 is 27.6 Å². The second-order valence-corrected chi connectivity index (χ2v) is 8.69. The van der Waals surface area contributed by atoms with Gasteiger partial charge in [-0.3, -0.25) is 4.79 Å². The highest BCUT2D eigenvalue weighted by Gasteiger charge is 2.26. The Morgan fingerprint density at radius 1 is 1.03 bits per heavy atom. The molecule has 0 aliphatic carbocycles. The lowest BCUT2D eigenvalue weighted by molar-refractivity contribution is -0.115. The van der Waals surface area contributed by atoms with Crippen LogP contribution in [0.4, 0.5) is 14.9 Å². The van der Waals surface area contributed by atoms with Crippen LogP contribution in [-0.2, 0) is 26.1 Å². The molecule has 31 heavy (non-hydrogen) atoms. The molecule has 11 heteroatoms. The Kier molecular flexibility index (Phi) is 7.55. The molecule has 1 saturated heterocycles. The molecule has 3 amide bonds. The van der Waals surface area contributed by atoms with Gasteiger partial charge in [-0.15, -0.1) is 0 Å². The molecular formula is C20H23FN4O5S. The maximum absolute atomic E-state index is 12.9. The highest BCUT2D eigenvalue weighted by Crippen LogP contribution is 2.20. The van der Waals surface area contributed by atoms with Crippen LogP contribution in [0.2, 0.25) is 0 Å². The van der Waals surface area contributed by atoms with Crippen molar-refractivity contribution < 1.29 is 27.1 Å². The van der Waals surface area contributed by atoms with E-state index in [9.17, 15) is 22.4 Å². The number of benzene rings is 2. The molecule has 1 aliphatic rings. The first-order valence-corrected chi connectivity index (χ1v) is 11.0. The number of rotatable bonds is 7. The second-order valence-electron chi connectivity index (χ2n) is 6.76. The molecular weight excluding hydrogens is 427 g/mol. The molecule has 2 aromatic carbocycles. The average Bonchev–Trinajstić information content (AvgIpc) is 2.78. The molecule has 3 N–H and O–H groups in total. The van der Waals surface area contributed by atoms with Gasteiger partial charge in [-0.25, -0.2) is 17.6 Å². The lowest BCUT2D eigenvalue weighted by Gasteiger charge is -2.26. The first-order valence-electron chi connectivity index (χ1n) is 9.58. The minimum Gasteiger partial charge on any atom is -0.379 e. The quantitative estimate of drug-likeness (QED) is 0.588. The third kappa shape index (κ3) is 6.48. The monoisotopic (exact) mass is 450 g/mol. The van der Waals surface area contributed by atoms with Gasteiger partial charge in [0.1, 0.15) is 5.82 Å². The van der Waals surface area contributed by atoms with E-state index < -0.39 is 22.0 Å². The number of ether oxygens (including phenoxy) is 1. The van der Waals surface area contributed by atoms with Crippen LogP contribution in [0, 0.1) is 5.82 Å². The van der Waals surface area contributed by atoms with Gasteiger partial charge in [0, 0.05) is 25.3 Å². The van der Waals surface area contributed by atoms with Gasteiger partial charge >= 0.3 is 6.03 Å². The number of hydrogen-bond acceptors (Lipinski definition) is 5. The van der Waals surface area contributed by atoms with Gasteiger partial charge in [0.05, 0.1) is 24.7 Å². The minimum atomic E-state index is -3.68. The normalized spacial score (nSPS) is 14.6. The van der Waals surface area contributed by atoms with E-state index in [0.717, 1.165) is 0 Å². The first-order chi connectivity index (χ1) is 14.8. The Labute approximate surface area is 179 Å². The number of halogens is 1. The first kappa shape index (κ1) is 22.7. The molecule has 1 fully saturated rings. The van der Waals surface area contributed by atoms with Crippen LogP contribution in [0.25, 0.3) is 0 Å². The summed E-state index contributed by atoms with van der Waals surface area (Å²) in [7, 11) is -3.68. The zero-order chi connectivity index (χ0) is 22.3. The third-order valence-corrected chi connectivity index (χ3v) is 6.40. The molecule has 166 valence electrons. The van der Waals surface area contributed by atoms with E-state index in [0.29, 0.717) is 24.5 Å². The van der Waals surface area contributed by atoms with Crippen LogP contribution < -0.4 is 16.0 Å². The molecule has 0 bridgehead atoms. The van der Waals surface area contributed by atoms with Gasteiger partial charge in [-0.2, -0.15) is 4.31 Å². The van der Waals surface area contributed by atoms with Crippen molar-refractivity contribution in [3.05, 3.63) is 59.9 Å². The van der Waals surface area contributed by atoms with E-state index in [1.165, 1.54) is 34.6 Å². The molecule has 0 radical (unpaired) electrons. The van der Waals surface area contributed by atoms with Crippen molar-refractivity contribution in [1.82, 2.24) is 14.9 Å². The van der Waals surface area contributed by atoms with Gasteiger partial charge in [0.2, 0.25) is 15.9 Å². The van der Waals surface area contributed by atoms with E-state index in [1.807, 2.05) is 0 Å². The summed E-state index contributed by atoms with van der Waals surface area (Å²) < 4.78 is 44.8. The van der Waals surface area contributed by atoms with Crippen LogP contribution in [0.5, 0.6) is 0 Å². The fraction of sp³-hybridized carbons (Fsp3) is 0.300. The summed E-state index contributed by atoms with van der Waals surface area (Å²) in [5, 5.41) is 7.52. The number of nitrogens with one attached hydrogen (secondary N) is 3. The summed E-state index contributed by atoms with van der Waals surface area (Å²) in [5.41, 5.74) is 1.01. The maximum Gasteiger partial charge on any atom is 0.315 e. The molecule has 3 rings (SSSR count). The Balaban J connectivity index is 1.49. The van der Waals surface area contributed by atoms with Crippen molar-refractivity contribution in [2.24, 2.45) is 0 Å². The van der Waals surface area contributed by atoms with Gasteiger partial charge in [0.25, 0.3) is 0 Å². The largest absolute Gasteiger partial charge is 0.379 e. The lowest BCUT2D eigenvalue weighted by Crippen LogP contribution is -2.40. The van der Waals surface area contributed by atoms with E-state index in [-0.39, 0.29) is 36.9 Å². The van der Waals surface area contributed by atoms with Gasteiger partial charge in [0.15, 0.2) is 0 Å². The number of nitrogens with zero attached hydrogens (tertiary/aromatic N) is 1. The summed E-state index contributed by atoms with van der Waals surface area (Å²) in [5.74, 6) is -0.885. The lowest BCUT2D eigenvalue weighted by atomic mass is 10.2. The Bertz CT molecular complexity index is 1020. The smallest absolute Gasteiger partial charge is 0.315 e. The molecule has 1 aliphatic heterocycles. The zero-order valence-electron chi connectivity index (χ0n) is 16.6. The third-order valence-electron chi connectivity index (χ3n) is 4.50. The van der Waals surface area contributed by atoms with Crippen molar-refractivity contribution in [1.29, 1.82) is 0 Å². The number of urea groups is 1. The molecule has 9 nitrogen and oxygen atoms in total. The Morgan fingerprint density at radius 2 is 1.74 bits per heavy atom. The molecule has 0 spiro atoms. The van der Waals surface area contributed by atoms with Crippen LogP contribution >= 0.6 is 0 Å². The van der Waals surface area contributed by atoms with Gasteiger partial charge in [-0.1, -0.05) is 18.2 Å². The minimum absolute atomic E-state index is 0.0669. The summed E-state index contributed by atoms with van der Waals surface area (Å²) in [6, 6.07) is 11.0. The molecule has 1 heterocycles. The Morgan fingerprint density at radius 3 is 2.45 bits per heavy atom. The van der Waals surface area contributed by atoms with E-state index in [1.54, 1.807) is 18.2 Å². The zero-order valence-corrected chi connectivity index (χ0v) is 17.5. The summed E-state index contributed by atoms with van der Waals surface area (Å²) in [6.45, 7) is 1.09. The van der Waals surface area contributed by atoms with E-state index in [4.69, 9.17) is 4.74 Å². The predicted molar refractivity (Wildman–Crippen MR) is 111 cm³/mol.